The topological polar surface area (TPSA) is 38.3 Å². The van der Waals surface area contributed by atoms with Crippen LogP contribution in [0.1, 0.15) is 65.2 Å². The first-order valence-corrected chi connectivity index (χ1v) is 7.53. The van der Waals surface area contributed by atoms with Gasteiger partial charge in [0.15, 0.2) is 0 Å². The third-order valence-corrected chi connectivity index (χ3v) is 4.04. The maximum absolute atomic E-state index is 11.9. The Morgan fingerprint density at radius 2 is 1.89 bits per heavy atom. The van der Waals surface area contributed by atoms with Gasteiger partial charge in [-0.3, -0.25) is 4.79 Å². The van der Waals surface area contributed by atoms with Gasteiger partial charge in [0.1, 0.15) is 6.04 Å². The molecular weight excluding hydrogens is 226 g/mol. The number of carbonyl (C=O) groups excluding carboxylic acids is 1. The highest BCUT2D eigenvalue weighted by atomic mass is 16.5. The molecule has 0 aromatic rings. The summed E-state index contributed by atoms with van der Waals surface area (Å²) in [5.41, 5.74) is 0. The molecule has 0 radical (unpaired) electrons. The maximum Gasteiger partial charge on any atom is 0.323 e. The van der Waals surface area contributed by atoms with Crippen molar-refractivity contribution in [3.63, 3.8) is 0 Å². The van der Waals surface area contributed by atoms with E-state index < -0.39 is 0 Å². The standard InChI is InChI=1S/C15H29NO2/c1-4-9-12(2)14(15(17)18-3)16-13-10-7-5-6-8-11-13/h12-14,16H,4-11H2,1-3H3. The second-order valence-corrected chi connectivity index (χ2v) is 5.62. The van der Waals surface area contributed by atoms with E-state index in [1.54, 1.807) is 0 Å². The Balaban J connectivity index is 2.55. The summed E-state index contributed by atoms with van der Waals surface area (Å²) in [6, 6.07) is 0.369. The van der Waals surface area contributed by atoms with Crippen molar-refractivity contribution in [1.29, 1.82) is 0 Å². The molecule has 0 spiro atoms. The fourth-order valence-corrected chi connectivity index (χ4v) is 2.91. The molecule has 18 heavy (non-hydrogen) atoms. The van der Waals surface area contributed by atoms with E-state index in [1.165, 1.54) is 45.6 Å². The van der Waals surface area contributed by atoms with Gasteiger partial charge in [-0.25, -0.2) is 0 Å². The van der Waals surface area contributed by atoms with Crippen LogP contribution in [0.2, 0.25) is 0 Å². The summed E-state index contributed by atoms with van der Waals surface area (Å²) in [5, 5.41) is 3.56. The molecular formula is C15H29NO2. The molecule has 3 heteroatoms. The van der Waals surface area contributed by atoms with Crippen molar-refractivity contribution in [3.05, 3.63) is 0 Å². The number of carbonyl (C=O) groups is 1. The van der Waals surface area contributed by atoms with Crippen LogP contribution in [0.5, 0.6) is 0 Å². The van der Waals surface area contributed by atoms with Crippen molar-refractivity contribution >= 4 is 5.97 Å². The van der Waals surface area contributed by atoms with Gasteiger partial charge >= 0.3 is 5.97 Å². The largest absolute Gasteiger partial charge is 0.468 e. The molecule has 0 aromatic heterocycles. The molecule has 1 fully saturated rings. The van der Waals surface area contributed by atoms with Crippen LogP contribution in [0.25, 0.3) is 0 Å². The number of rotatable bonds is 6. The molecule has 1 saturated carbocycles. The highest BCUT2D eigenvalue weighted by molar-refractivity contribution is 5.76. The third-order valence-electron chi connectivity index (χ3n) is 4.04. The van der Waals surface area contributed by atoms with Crippen molar-refractivity contribution in [2.75, 3.05) is 7.11 Å². The molecule has 1 aliphatic carbocycles. The van der Waals surface area contributed by atoms with Crippen molar-refractivity contribution in [2.45, 2.75) is 77.3 Å². The lowest BCUT2D eigenvalue weighted by Gasteiger charge is -2.27. The molecule has 3 nitrogen and oxygen atoms in total. The van der Waals surface area contributed by atoms with Crippen molar-refractivity contribution in [1.82, 2.24) is 5.32 Å². The van der Waals surface area contributed by atoms with E-state index in [1.807, 2.05) is 0 Å². The van der Waals surface area contributed by atoms with Gasteiger partial charge < -0.3 is 10.1 Å². The lowest BCUT2D eigenvalue weighted by atomic mass is 9.95. The van der Waals surface area contributed by atoms with Crippen LogP contribution in [0.3, 0.4) is 0 Å². The van der Waals surface area contributed by atoms with E-state index >= 15 is 0 Å². The highest BCUT2D eigenvalue weighted by Crippen LogP contribution is 2.20. The second kappa shape index (κ2) is 8.52. The molecule has 1 N–H and O–H groups in total. The van der Waals surface area contributed by atoms with Crippen LogP contribution in [-0.2, 0) is 9.53 Å². The van der Waals surface area contributed by atoms with Gasteiger partial charge in [-0.05, 0) is 25.2 Å². The van der Waals surface area contributed by atoms with Gasteiger partial charge in [-0.15, -0.1) is 0 Å². The number of hydrogen-bond acceptors (Lipinski definition) is 3. The molecule has 0 bridgehead atoms. The summed E-state index contributed by atoms with van der Waals surface area (Å²) in [5.74, 6) is 0.255. The lowest BCUT2D eigenvalue weighted by Crippen LogP contribution is -2.47. The van der Waals surface area contributed by atoms with Crippen molar-refractivity contribution in [2.24, 2.45) is 5.92 Å². The fraction of sp³-hybridized carbons (Fsp3) is 0.933. The Morgan fingerprint density at radius 1 is 1.28 bits per heavy atom. The van der Waals surface area contributed by atoms with Gasteiger partial charge in [-0.2, -0.15) is 0 Å². The predicted molar refractivity (Wildman–Crippen MR) is 74.5 cm³/mol. The van der Waals surface area contributed by atoms with E-state index in [9.17, 15) is 4.79 Å². The highest BCUT2D eigenvalue weighted by Gasteiger charge is 2.28. The minimum Gasteiger partial charge on any atom is -0.468 e. The van der Waals surface area contributed by atoms with Gasteiger partial charge in [0.2, 0.25) is 0 Å². The average Bonchev–Trinajstić information content (AvgIpc) is 2.63. The molecule has 1 aliphatic rings. The molecule has 0 amide bonds. The van der Waals surface area contributed by atoms with Gasteiger partial charge in [0.05, 0.1) is 7.11 Å². The molecule has 2 atom stereocenters. The van der Waals surface area contributed by atoms with Crippen LogP contribution in [-0.4, -0.2) is 25.2 Å². The third kappa shape index (κ3) is 4.97. The number of hydrogen-bond donors (Lipinski definition) is 1. The Bertz CT molecular complexity index is 235. The zero-order chi connectivity index (χ0) is 13.4. The average molecular weight is 255 g/mol. The molecule has 1 rings (SSSR count). The summed E-state index contributed by atoms with van der Waals surface area (Å²) in [6.45, 7) is 4.31. The van der Waals surface area contributed by atoms with Crippen LogP contribution in [0.4, 0.5) is 0 Å². The van der Waals surface area contributed by atoms with Crippen molar-refractivity contribution < 1.29 is 9.53 Å². The quantitative estimate of drug-likeness (QED) is 0.585. The first-order valence-electron chi connectivity index (χ1n) is 7.53. The normalized spacial score (nSPS) is 21.1. The van der Waals surface area contributed by atoms with E-state index in [0.717, 1.165) is 12.8 Å². The molecule has 0 aliphatic heterocycles. The monoisotopic (exact) mass is 255 g/mol. The summed E-state index contributed by atoms with van der Waals surface area (Å²) in [6.07, 6.45) is 9.83. The Labute approximate surface area is 112 Å². The predicted octanol–water partition coefficient (Wildman–Crippen LogP) is 3.28. The molecule has 0 aromatic carbocycles. The number of esters is 1. The lowest BCUT2D eigenvalue weighted by molar-refractivity contribution is -0.144. The summed E-state index contributed by atoms with van der Waals surface area (Å²) >= 11 is 0. The van der Waals surface area contributed by atoms with Crippen LogP contribution in [0.15, 0.2) is 0 Å². The fourth-order valence-electron chi connectivity index (χ4n) is 2.91. The first kappa shape index (κ1) is 15.5. The Morgan fingerprint density at radius 3 is 2.39 bits per heavy atom. The van der Waals surface area contributed by atoms with Crippen LogP contribution in [0, 0.1) is 5.92 Å². The van der Waals surface area contributed by atoms with E-state index in [4.69, 9.17) is 4.74 Å². The Hall–Kier alpha value is -0.570. The first-order chi connectivity index (χ1) is 8.69. The van der Waals surface area contributed by atoms with E-state index in [0.29, 0.717) is 12.0 Å². The molecule has 0 saturated heterocycles. The number of nitrogens with one attached hydrogen (secondary N) is 1. The van der Waals surface area contributed by atoms with Gasteiger partial charge in [-0.1, -0.05) is 46.0 Å². The SMILES string of the molecule is CCCC(C)C(NC1CCCCCC1)C(=O)OC. The minimum absolute atomic E-state index is 0.0970. The van der Waals surface area contributed by atoms with Gasteiger partial charge in [0.25, 0.3) is 0 Å². The summed E-state index contributed by atoms with van der Waals surface area (Å²) < 4.78 is 4.95. The number of ether oxygens (including phenoxy) is 1. The summed E-state index contributed by atoms with van der Waals surface area (Å²) in [4.78, 5) is 11.9. The van der Waals surface area contributed by atoms with Crippen LogP contribution >= 0.6 is 0 Å². The number of methoxy groups -OCH3 is 1. The summed E-state index contributed by atoms with van der Waals surface area (Å²) in [7, 11) is 1.49. The molecule has 0 heterocycles. The smallest absolute Gasteiger partial charge is 0.323 e. The second-order valence-electron chi connectivity index (χ2n) is 5.62. The van der Waals surface area contributed by atoms with E-state index in [2.05, 4.69) is 19.2 Å². The van der Waals surface area contributed by atoms with Crippen molar-refractivity contribution in [3.8, 4) is 0 Å². The zero-order valence-electron chi connectivity index (χ0n) is 12.2. The van der Waals surface area contributed by atoms with E-state index in [-0.39, 0.29) is 12.0 Å². The maximum atomic E-state index is 11.9. The minimum atomic E-state index is -0.127. The molecule has 2 unspecified atom stereocenters. The van der Waals surface area contributed by atoms with Crippen LogP contribution < -0.4 is 5.32 Å². The molecule has 106 valence electrons. The van der Waals surface area contributed by atoms with Gasteiger partial charge in [0, 0.05) is 6.04 Å². The zero-order valence-corrected chi connectivity index (χ0v) is 12.2. The Kier molecular flexibility index (Phi) is 7.33.